The third-order valence-electron chi connectivity index (χ3n) is 8.83. The molecule has 2 saturated heterocycles. The molecule has 2 fully saturated rings. The first kappa shape index (κ1) is 30.6. The molecule has 4 heterocycles. The Labute approximate surface area is 262 Å². The van der Waals surface area contributed by atoms with E-state index in [1.807, 2.05) is 14.0 Å². The van der Waals surface area contributed by atoms with E-state index in [-0.39, 0.29) is 66.0 Å². The number of aromatic nitrogens is 3. The third-order valence-corrected chi connectivity index (χ3v) is 9.20. The van der Waals surface area contributed by atoms with Gasteiger partial charge in [-0.3, -0.25) is 14.7 Å². The number of carbonyl (C=O) groups excluding carboxylic acids is 1. The van der Waals surface area contributed by atoms with E-state index < -0.39 is 29.4 Å². The van der Waals surface area contributed by atoms with Crippen molar-refractivity contribution in [1.82, 2.24) is 24.8 Å². The summed E-state index contributed by atoms with van der Waals surface area (Å²) in [5.74, 6) is -3.11. The fraction of sp³-hybridized carbons (Fsp3) is 0.344. The van der Waals surface area contributed by atoms with Crippen LogP contribution >= 0.6 is 11.6 Å². The molecule has 0 spiro atoms. The van der Waals surface area contributed by atoms with Crippen LogP contribution in [0.4, 0.5) is 19.0 Å². The number of fused-ring (bicyclic) bond motifs is 2. The van der Waals surface area contributed by atoms with Crippen molar-refractivity contribution >= 4 is 45.0 Å². The van der Waals surface area contributed by atoms with Crippen molar-refractivity contribution in [3.05, 3.63) is 77.0 Å². The predicted molar refractivity (Wildman–Crippen MR) is 166 cm³/mol. The molecular weight excluding hydrogens is 607 g/mol. The molecule has 2 aromatic heterocycles. The first-order chi connectivity index (χ1) is 21.5. The standard InChI is InChI=1S/C32H29ClF3N7O2/c1-18(34)30(44)43-13-12-42(16-20(43)14-37-3)29-22-15-38-27(21-7-5-6-19-8-9-23(35)25(33)24(19)21)26(36)28(22)39-31(40-29)45-17-32(2)10-11-41(32)4/h5-9,15,20H,1,10-14,16-17H2,2,4H3/t20-,32?/m0/s1. The summed E-state index contributed by atoms with van der Waals surface area (Å²) < 4.78 is 51.0. The monoisotopic (exact) mass is 635 g/mol. The number of hydrogen-bond acceptors (Lipinski definition) is 7. The molecule has 6 rings (SSSR count). The van der Waals surface area contributed by atoms with Crippen molar-refractivity contribution in [2.24, 2.45) is 0 Å². The van der Waals surface area contributed by atoms with E-state index in [1.165, 1.54) is 17.2 Å². The lowest BCUT2D eigenvalue weighted by atomic mass is 9.88. The van der Waals surface area contributed by atoms with E-state index in [9.17, 15) is 13.6 Å². The maximum absolute atomic E-state index is 16.6. The number of nitrogens with zero attached hydrogens (tertiary/aromatic N) is 7. The van der Waals surface area contributed by atoms with Gasteiger partial charge in [-0.2, -0.15) is 9.97 Å². The first-order valence-corrected chi connectivity index (χ1v) is 14.7. The van der Waals surface area contributed by atoms with Gasteiger partial charge in [0.1, 0.15) is 35.5 Å². The van der Waals surface area contributed by atoms with Crippen LogP contribution in [0.5, 0.6) is 6.01 Å². The van der Waals surface area contributed by atoms with Crippen molar-refractivity contribution in [3.63, 3.8) is 0 Å². The molecule has 1 amide bonds. The number of halogens is 4. The SMILES string of the molecule is [C-]#[N+]C[C@H]1CN(c2nc(OCC3(C)CCN3C)nc3c(F)c(-c4cccc5ccc(F)c(Cl)c45)ncc23)CCN1C(=O)C(=C)F. The molecule has 4 aromatic rings. The molecule has 2 aliphatic rings. The maximum atomic E-state index is 16.6. The van der Waals surface area contributed by atoms with Gasteiger partial charge in [-0.15, -0.1) is 0 Å². The fourth-order valence-electron chi connectivity index (χ4n) is 5.87. The Bertz CT molecular complexity index is 1900. The van der Waals surface area contributed by atoms with Gasteiger partial charge in [0.25, 0.3) is 5.91 Å². The van der Waals surface area contributed by atoms with Gasteiger partial charge in [-0.25, -0.2) is 19.7 Å². The smallest absolute Gasteiger partial charge is 0.319 e. The summed E-state index contributed by atoms with van der Waals surface area (Å²) in [7, 11) is 1.99. The Morgan fingerprint density at radius 3 is 2.71 bits per heavy atom. The van der Waals surface area contributed by atoms with Crippen LogP contribution in [0.25, 0.3) is 37.8 Å². The summed E-state index contributed by atoms with van der Waals surface area (Å²) in [6.45, 7) is 14.1. The van der Waals surface area contributed by atoms with Crippen LogP contribution in [0, 0.1) is 18.2 Å². The largest absolute Gasteiger partial charge is 0.461 e. The van der Waals surface area contributed by atoms with Crippen LogP contribution in [-0.4, -0.2) is 88.6 Å². The van der Waals surface area contributed by atoms with Crippen LogP contribution in [-0.2, 0) is 4.79 Å². The lowest BCUT2D eigenvalue weighted by Crippen LogP contribution is -2.59. The number of benzene rings is 2. The van der Waals surface area contributed by atoms with Crippen molar-refractivity contribution < 1.29 is 22.7 Å². The van der Waals surface area contributed by atoms with Crippen LogP contribution in [0.1, 0.15) is 13.3 Å². The number of ether oxygens (including phenoxy) is 1. The molecule has 0 N–H and O–H groups in total. The Morgan fingerprint density at radius 2 is 2.02 bits per heavy atom. The highest BCUT2D eigenvalue weighted by Gasteiger charge is 2.39. The molecule has 0 bridgehead atoms. The minimum Gasteiger partial charge on any atom is -0.461 e. The highest BCUT2D eigenvalue weighted by molar-refractivity contribution is 6.36. The van der Waals surface area contributed by atoms with Crippen molar-refractivity contribution in [2.45, 2.75) is 24.9 Å². The Balaban J connectivity index is 1.47. The number of rotatable bonds is 7. The molecule has 0 aliphatic carbocycles. The average Bonchev–Trinajstić information content (AvgIpc) is 3.04. The van der Waals surface area contributed by atoms with Gasteiger partial charge in [0.2, 0.25) is 6.54 Å². The van der Waals surface area contributed by atoms with E-state index in [0.29, 0.717) is 22.2 Å². The molecule has 13 heteroatoms. The van der Waals surface area contributed by atoms with Gasteiger partial charge >= 0.3 is 6.01 Å². The molecule has 0 radical (unpaired) electrons. The normalized spacial score (nSPS) is 20.2. The number of likely N-dealkylation sites (N-methyl/N-ethyl adjacent to an activating group) is 1. The highest BCUT2D eigenvalue weighted by atomic mass is 35.5. The minimum absolute atomic E-state index is 0.0607. The van der Waals surface area contributed by atoms with Crippen molar-refractivity contribution in [1.29, 1.82) is 0 Å². The first-order valence-electron chi connectivity index (χ1n) is 14.3. The van der Waals surface area contributed by atoms with Gasteiger partial charge in [-0.1, -0.05) is 42.4 Å². The highest BCUT2D eigenvalue weighted by Crippen LogP contribution is 2.39. The minimum atomic E-state index is -1.11. The summed E-state index contributed by atoms with van der Waals surface area (Å²) in [4.78, 5) is 34.7. The summed E-state index contributed by atoms with van der Waals surface area (Å²) >= 11 is 6.35. The number of hydrogen-bond donors (Lipinski definition) is 0. The molecule has 232 valence electrons. The molecule has 2 aromatic carbocycles. The molecule has 9 nitrogen and oxygen atoms in total. The number of carbonyl (C=O) groups is 1. The zero-order valence-electron chi connectivity index (χ0n) is 24.7. The zero-order chi connectivity index (χ0) is 32.0. The van der Waals surface area contributed by atoms with E-state index in [0.717, 1.165) is 13.0 Å². The fourth-order valence-corrected chi connectivity index (χ4v) is 6.15. The van der Waals surface area contributed by atoms with E-state index in [4.69, 9.17) is 22.9 Å². The predicted octanol–water partition coefficient (Wildman–Crippen LogP) is 5.67. The van der Waals surface area contributed by atoms with Crippen LogP contribution in [0.3, 0.4) is 0 Å². The number of amides is 1. The number of anilines is 1. The van der Waals surface area contributed by atoms with Crippen molar-refractivity contribution in [3.8, 4) is 17.3 Å². The molecule has 45 heavy (non-hydrogen) atoms. The molecule has 2 aliphatic heterocycles. The van der Waals surface area contributed by atoms with Crippen LogP contribution in [0.2, 0.25) is 5.02 Å². The van der Waals surface area contributed by atoms with E-state index >= 15 is 4.39 Å². The van der Waals surface area contributed by atoms with Gasteiger partial charge in [0.15, 0.2) is 11.6 Å². The average molecular weight is 636 g/mol. The van der Waals surface area contributed by atoms with Crippen molar-refractivity contribution in [2.75, 3.05) is 51.3 Å². The second kappa shape index (κ2) is 11.8. The van der Waals surface area contributed by atoms with Crippen LogP contribution in [0.15, 0.2) is 48.9 Å². The van der Waals surface area contributed by atoms with Gasteiger partial charge in [-0.05, 0) is 31.8 Å². The lowest BCUT2D eigenvalue weighted by Gasteiger charge is -2.47. The Kier molecular flexibility index (Phi) is 8.01. The second-order valence-corrected chi connectivity index (χ2v) is 12.0. The Hall–Kier alpha value is -4.47. The van der Waals surface area contributed by atoms with Crippen LogP contribution < -0.4 is 9.64 Å². The third kappa shape index (κ3) is 5.40. The lowest BCUT2D eigenvalue weighted by molar-refractivity contribution is -0.131. The molecule has 0 saturated carbocycles. The number of likely N-dealkylation sites (tertiary alicyclic amines) is 1. The summed E-state index contributed by atoms with van der Waals surface area (Å²) in [5, 5.41) is 1.04. The van der Waals surface area contributed by atoms with Gasteiger partial charge in [0, 0.05) is 43.3 Å². The molecule has 2 atom stereocenters. The maximum Gasteiger partial charge on any atom is 0.319 e. The van der Waals surface area contributed by atoms with Gasteiger partial charge < -0.3 is 19.4 Å². The quantitative estimate of drug-likeness (QED) is 0.191. The summed E-state index contributed by atoms with van der Waals surface area (Å²) in [5.41, 5.74) is -0.108. The van der Waals surface area contributed by atoms with E-state index in [2.05, 4.69) is 31.3 Å². The second-order valence-electron chi connectivity index (χ2n) is 11.6. The zero-order valence-corrected chi connectivity index (χ0v) is 25.4. The number of piperazine rings is 1. The Morgan fingerprint density at radius 1 is 1.22 bits per heavy atom. The summed E-state index contributed by atoms with van der Waals surface area (Å²) in [6.07, 6.45) is 2.34. The van der Waals surface area contributed by atoms with Gasteiger partial charge in [0.05, 0.1) is 15.9 Å². The topological polar surface area (TPSA) is 79.1 Å². The van der Waals surface area contributed by atoms with E-state index in [1.54, 1.807) is 29.2 Å². The molecule has 1 unspecified atom stereocenters. The number of pyridine rings is 1. The summed E-state index contributed by atoms with van der Waals surface area (Å²) in [6, 6.07) is 7.15. The molecular formula is C32H29ClF3N7O2.